The van der Waals surface area contributed by atoms with Crippen LogP contribution < -0.4 is 5.56 Å². The van der Waals surface area contributed by atoms with Crippen LogP contribution in [-0.4, -0.2) is 15.0 Å². The van der Waals surface area contributed by atoms with E-state index in [1.807, 2.05) is 13.0 Å². The predicted molar refractivity (Wildman–Crippen MR) is 79.1 cm³/mol. The molecule has 0 amide bonds. The zero-order valence-electron chi connectivity index (χ0n) is 11.2. The second-order valence-corrected chi connectivity index (χ2v) is 5.76. The predicted octanol–water partition coefficient (Wildman–Crippen LogP) is 3.10. The van der Waals surface area contributed by atoms with Crippen LogP contribution in [-0.2, 0) is 6.42 Å². The second kappa shape index (κ2) is 5.65. The number of nitrogens with one attached hydrogen (secondary N) is 1. The normalized spacial score (nSPS) is 11.0. The summed E-state index contributed by atoms with van der Waals surface area (Å²) in [5.74, 6) is 1.04. The molecule has 0 saturated carbocycles. The van der Waals surface area contributed by atoms with Crippen LogP contribution in [0.1, 0.15) is 25.1 Å². The lowest BCUT2D eigenvalue weighted by molar-refractivity contribution is 0.631. The van der Waals surface area contributed by atoms with E-state index in [1.165, 1.54) is 0 Å². The number of halogens is 1. The van der Waals surface area contributed by atoms with Crippen molar-refractivity contribution in [3.05, 3.63) is 44.5 Å². The lowest BCUT2D eigenvalue weighted by Gasteiger charge is -2.10. The van der Waals surface area contributed by atoms with Gasteiger partial charge in [0, 0.05) is 18.0 Å². The summed E-state index contributed by atoms with van der Waals surface area (Å²) in [4.78, 5) is 23.4. The van der Waals surface area contributed by atoms with E-state index in [9.17, 15) is 4.79 Å². The van der Waals surface area contributed by atoms with E-state index < -0.39 is 0 Å². The zero-order valence-corrected chi connectivity index (χ0v) is 12.8. The van der Waals surface area contributed by atoms with E-state index >= 15 is 0 Å². The summed E-state index contributed by atoms with van der Waals surface area (Å²) in [5, 5.41) is 0. The number of aryl methyl sites for hydroxylation is 1. The molecule has 2 heterocycles. The maximum absolute atomic E-state index is 12.0. The smallest absolute Gasteiger partial charge is 0.265 e. The van der Waals surface area contributed by atoms with Gasteiger partial charge >= 0.3 is 0 Å². The van der Waals surface area contributed by atoms with E-state index in [2.05, 4.69) is 44.7 Å². The number of nitrogens with zero attached hydrogens (tertiary/aromatic N) is 2. The molecule has 0 saturated heterocycles. The number of aromatic nitrogens is 3. The first-order chi connectivity index (χ1) is 8.99. The van der Waals surface area contributed by atoms with Crippen LogP contribution in [0.15, 0.2) is 27.7 Å². The van der Waals surface area contributed by atoms with Crippen molar-refractivity contribution >= 4 is 15.9 Å². The van der Waals surface area contributed by atoms with Crippen molar-refractivity contribution in [3.63, 3.8) is 0 Å². The van der Waals surface area contributed by atoms with Gasteiger partial charge in [0.15, 0.2) is 0 Å². The highest BCUT2D eigenvalue weighted by molar-refractivity contribution is 9.10. The van der Waals surface area contributed by atoms with Crippen LogP contribution in [0.2, 0.25) is 0 Å². The molecule has 0 radical (unpaired) electrons. The molecule has 2 aromatic heterocycles. The molecule has 19 heavy (non-hydrogen) atoms. The molecule has 0 aliphatic carbocycles. The van der Waals surface area contributed by atoms with Crippen LogP contribution in [0.3, 0.4) is 0 Å². The third-order valence-corrected chi connectivity index (χ3v) is 3.63. The first-order valence-corrected chi connectivity index (χ1v) is 6.98. The summed E-state index contributed by atoms with van der Waals surface area (Å²) in [6.07, 6.45) is 4.23. The molecule has 0 aromatic carbocycles. The minimum absolute atomic E-state index is 0.142. The number of hydrogen-bond acceptors (Lipinski definition) is 3. The van der Waals surface area contributed by atoms with Crippen LogP contribution in [0.5, 0.6) is 0 Å². The molecular weight excluding hydrogens is 306 g/mol. The monoisotopic (exact) mass is 321 g/mol. The molecule has 5 heteroatoms. The molecule has 4 nitrogen and oxygen atoms in total. The molecule has 0 aliphatic heterocycles. The molecule has 0 aliphatic rings. The van der Waals surface area contributed by atoms with Gasteiger partial charge < -0.3 is 4.98 Å². The molecule has 2 aromatic rings. The number of H-pyrrole nitrogens is 1. The molecule has 0 spiro atoms. The van der Waals surface area contributed by atoms with E-state index in [0.29, 0.717) is 16.2 Å². The maximum Gasteiger partial charge on any atom is 0.265 e. The topological polar surface area (TPSA) is 58.6 Å². The standard InChI is InChI=1S/C14H16BrN3O/c1-8(2)6-11-12(15)14(19)18-13(17-11)10-4-5-16-7-9(10)3/h4-5,7-8H,6H2,1-3H3,(H,17,18,19). The van der Waals surface area contributed by atoms with Gasteiger partial charge in [0.05, 0.1) is 5.69 Å². The summed E-state index contributed by atoms with van der Waals surface area (Å²) in [5.41, 5.74) is 2.55. The van der Waals surface area contributed by atoms with Crippen molar-refractivity contribution in [3.8, 4) is 11.4 Å². The molecule has 0 unspecified atom stereocenters. The minimum atomic E-state index is -0.142. The Balaban J connectivity index is 2.57. The van der Waals surface area contributed by atoms with Crippen LogP contribution in [0.25, 0.3) is 11.4 Å². The fourth-order valence-electron chi connectivity index (χ4n) is 1.89. The van der Waals surface area contributed by atoms with Gasteiger partial charge in [-0.2, -0.15) is 0 Å². The second-order valence-electron chi connectivity index (χ2n) is 4.96. The molecule has 0 atom stereocenters. The summed E-state index contributed by atoms with van der Waals surface area (Å²) < 4.78 is 0.525. The Morgan fingerprint density at radius 1 is 1.42 bits per heavy atom. The van der Waals surface area contributed by atoms with Gasteiger partial charge in [0.1, 0.15) is 10.3 Å². The Morgan fingerprint density at radius 2 is 2.16 bits per heavy atom. The molecule has 0 bridgehead atoms. The van der Waals surface area contributed by atoms with Gasteiger partial charge in [0.25, 0.3) is 5.56 Å². The van der Waals surface area contributed by atoms with Crippen molar-refractivity contribution in [2.75, 3.05) is 0 Å². The average molecular weight is 322 g/mol. The summed E-state index contributed by atoms with van der Waals surface area (Å²) in [6.45, 7) is 6.16. The number of rotatable bonds is 3. The van der Waals surface area contributed by atoms with E-state index in [0.717, 1.165) is 23.2 Å². The van der Waals surface area contributed by atoms with Gasteiger partial charge in [-0.15, -0.1) is 0 Å². The number of hydrogen-bond donors (Lipinski definition) is 1. The van der Waals surface area contributed by atoms with Gasteiger partial charge in [-0.3, -0.25) is 9.78 Å². The minimum Gasteiger partial charge on any atom is -0.306 e. The van der Waals surface area contributed by atoms with Crippen molar-refractivity contribution < 1.29 is 0 Å². The largest absolute Gasteiger partial charge is 0.306 e. The van der Waals surface area contributed by atoms with Gasteiger partial charge in [-0.1, -0.05) is 13.8 Å². The maximum atomic E-state index is 12.0. The fourth-order valence-corrected chi connectivity index (χ4v) is 2.24. The molecular formula is C14H16BrN3O. The first kappa shape index (κ1) is 13.9. The fraction of sp³-hybridized carbons (Fsp3) is 0.357. The van der Waals surface area contributed by atoms with E-state index in [4.69, 9.17) is 0 Å². The SMILES string of the molecule is Cc1cnccc1-c1nc(CC(C)C)c(Br)c(=O)[nH]1. The van der Waals surface area contributed by atoms with Crippen LogP contribution in [0.4, 0.5) is 0 Å². The number of aromatic amines is 1. The third kappa shape index (κ3) is 3.10. The van der Waals surface area contributed by atoms with Crippen molar-refractivity contribution in [2.24, 2.45) is 5.92 Å². The number of pyridine rings is 1. The summed E-state index contributed by atoms with van der Waals surface area (Å²) >= 11 is 3.32. The highest BCUT2D eigenvalue weighted by Crippen LogP contribution is 2.21. The van der Waals surface area contributed by atoms with Crippen LogP contribution in [0, 0.1) is 12.8 Å². The van der Waals surface area contributed by atoms with E-state index in [-0.39, 0.29) is 5.56 Å². The Labute approximate surface area is 120 Å². The lowest BCUT2D eigenvalue weighted by Crippen LogP contribution is -2.15. The summed E-state index contributed by atoms with van der Waals surface area (Å²) in [6, 6.07) is 1.86. The highest BCUT2D eigenvalue weighted by atomic mass is 79.9. The van der Waals surface area contributed by atoms with Crippen molar-refractivity contribution in [1.82, 2.24) is 15.0 Å². The van der Waals surface area contributed by atoms with Crippen LogP contribution >= 0.6 is 15.9 Å². The molecule has 100 valence electrons. The zero-order chi connectivity index (χ0) is 14.0. The Bertz CT molecular complexity index is 649. The quantitative estimate of drug-likeness (QED) is 0.945. The van der Waals surface area contributed by atoms with Gasteiger partial charge in [-0.05, 0) is 46.8 Å². The van der Waals surface area contributed by atoms with Gasteiger partial charge in [0.2, 0.25) is 0 Å². The Morgan fingerprint density at radius 3 is 2.79 bits per heavy atom. The summed E-state index contributed by atoms with van der Waals surface area (Å²) in [7, 11) is 0. The molecule has 2 rings (SSSR count). The van der Waals surface area contributed by atoms with Gasteiger partial charge in [-0.25, -0.2) is 4.98 Å². The highest BCUT2D eigenvalue weighted by Gasteiger charge is 2.12. The lowest BCUT2D eigenvalue weighted by atomic mass is 10.1. The average Bonchev–Trinajstić information content (AvgIpc) is 2.35. The van der Waals surface area contributed by atoms with E-state index in [1.54, 1.807) is 12.4 Å². The molecule has 0 fully saturated rings. The van der Waals surface area contributed by atoms with Crippen molar-refractivity contribution in [2.45, 2.75) is 27.2 Å². The molecule has 1 N–H and O–H groups in total. The Kier molecular flexibility index (Phi) is 4.14. The van der Waals surface area contributed by atoms with Crippen molar-refractivity contribution in [1.29, 1.82) is 0 Å². The first-order valence-electron chi connectivity index (χ1n) is 6.18. The third-order valence-electron chi connectivity index (χ3n) is 2.81. The Hall–Kier alpha value is -1.49.